The minimum absolute atomic E-state index is 0. The third kappa shape index (κ3) is 9.66. The Morgan fingerprint density at radius 3 is 2.41 bits per heavy atom. The standard InChI is InChI=1S/C21H30BrNO4S.Na.H/c22-18-9-11-19(12-10-18)28(26,27)23-17-16-21(14-6-3-7-15-21)13-5-2-1-4-8-20(24)25;;/h2,5,9-12,23H,1,3-4,6-8,13-17H2,(H,24,25);;/b5-2-;;. The van der Waals surface area contributed by atoms with Crippen LogP contribution in [0.15, 0.2) is 45.8 Å². The van der Waals surface area contributed by atoms with Crippen LogP contribution in [0, 0.1) is 5.41 Å². The predicted octanol–water partition coefficient (Wildman–Crippen LogP) is 4.62. The summed E-state index contributed by atoms with van der Waals surface area (Å²) in [5.41, 5.74) is 0.143. The number of carbonyl (C=O) groups is 1. The van der Waals surface area contributed by atoms with Gasteiger partial charge in [0.2, 0.25) is 10.0 Å². The van der Waals surface area contributed by atoms with E-state index < -0.39 is 16.0 Å². The number of halogens is 1. The molecule has 158 valence electrons. The average Bonchev–Trinajstić information content (AvgIpc) is 2.65. The molecule has 0 amide bonds. The molecule has 0 bridgehead atoms. The van der Waals surface area contributed by atoms with Gasteiger partial charge in [-0.25, -0.2) is 13.1 Å². The van der Waals surface area contributed by atoms with Crippen molar-refractivity contribution in [2.45, 2.75) is 69.1 Å². The second-order valence-corrected chi connectivity index (χ2v) is 10.3. The summed E-state index contributed by atoms with van der Waals surface area (Å²) in [7, 11) is -3.49. The number of nitrogens with one attached hydrogen (secondary N) is 1. The van der Waals surface area contributed by atoms with Crippen LogP contribution in [0.3, 0.4) is 0 Å². The topological polar surface area (TPSA) is 83.5 Å². The van der Waals surface area contributed by atoms with Crippen molar-refractivity contribution in [3.05, 3.63) is 40.9 Å². The van der Waals surface area contributed by atoms with Crippen LogP contribution in [0.1, 0.15) is 64.2 Å². The van der Waals surface area contributed by atoms with E-state index in [9.17, 15) is 13.2 Å². The van der Waals surface area contributed by atoms with E-state index in [0.717, 1.165) is 36.6 Å². The number of carboxylic acid groups (broad SMARTS) is 1. The summed E-state index contributed by atoms with van der Waals surface area (Å²) in [6, 6.07) is 6.66. The van der Waals surface area contributed by atoms with Gasteiger partial charge in [-0.3, -0.25) is 4.79 Å². The average molecular weight is 496 g/mol. The molecular formula is C21H31BrNNaO4S. The molecule has 1 aliphatic carbocycles. The molecular weight excluding hydrogens is 465 g/mol. The molecule has 1 aromatic rings. The zero-order chi connectivity index (χ0) is 20.5. The van der Waals surface area contributed by atoms with Crippen molar-refractivity contribution >= 4 is 61.5 Å². The molecule has 5 nitrogen and oxygen atoms in total. The van der Waals surface area contributed by atoms with Gasteiger partial charge >= 0.3 is 35.5 Å². The first-order valence-corrected chi connectivity index (χ1v) is 12.2. The molecule has 8 heteroatoms. The number of sulfonamides is 1. The zero-order valence-electron chi connectivity index (χ0n) is 16.2. The van der Waals surface area contributed by atoms with Crippen LogP contribution in [0.4, 0.5) is 0 Å². The molecule has 1 aliphatic rings. The second kappa shape index (κ2) is 13.3. The van der Waals surface area contributed by atoms with E-state index in [-0.39, 0.29) is 46.3 Å². The molecule has 1 fully saturated rings. The number of hydrogen-bond acceptors (Lipinski definition) is 3. The maximum absolute atomic E-state index is 12.5. The maximum atomic E-state index is 12.5. The van der Waals surface area contributed by atoms with Crippen molar-refractivity contribution in [1.82, 2.24) is 4.72 Å². The molecule has 0 spiro atoms. The van der Waals surface area contributed by atoms with E-state index in [2.05, 4.69) is 32.8 Å². The molecule has 29 heavy (non-hydrogen) atoms. The summed E-state index contributed by atoms with van der Waals surface area (Å²) < 4.78 is 28.6. The van der Waals surface area contributed by atoms with Crippen LogP contribution in [0.25, 0.3) is 0 Å². The van der Waals surface area contributed by atoms with Gasteiger partial charge in [0.15, 0.2) is 0 Å². The van der Waals surface area contributed by atoms with Crippen LogP contribution in [-0.4, -0.2) is 55.6 Å². The number of aliphatic carboxylic acids is 1. The molecule has 0 heterocycles. The Labute approximate surface area is 205 Å². The first kappa shape index (κ1) is 26.9. The fourth-order valence-corrected chi connectivity index (χ4v) is 5.12. The van der Waals surface area contributed by atoms with E-state index in [0.29, 0.717) is 13.0 Å². The fraction of sp³-hybridized carbons (Fsp3) is 0.571. The van der Waals surface area contributed by atoms with Gasteiger partial charge in [-0.1, -0.05) is 47.3 Å². The van der Waals surface area contributed by atoms with Gasteiger partial charge in [0.05, 0.1) is 4.90 Å². The molecule has 0 atom stereocenters. The summed E-state index contributed by atoms with van der Waals surface area (Å²) in [5.74, 6) is -0.754. The van der Waals surface area contributed by atoms with Crippen LogP contribution in [0.5, 0.6) is 0 Å². The van der Waals surface area contributed by atoms with E-state index in [1.54, 1.807) is 24.3 Å². The number of benzene rings is 1. The van der Waals surface area contributed by atoms with Gasteiger partial charge in [0.25, 0.3) is 0 Å². The third-order valence-electron chi connectivity index (χ3n) is 5.46. The van der Waals surface area contributed by atoms with Crippen molar-refractivity contribution in [3.63, 3.8) is 0 Å². The summed E-state index contributed by atoms with van der Waals surface area (Å²) >= 11 is 3.32. The fourth-order valence-electron chi connectivity index (χ4n) is 3.83. The van der Waals surface area contributed by atoms with Crippen molar-refractivity contribution in [2.75, 3.05) is 6.54 Å². The van der Waals surface area contributed by atoms with Gasteiger partial charge < -0.3 is 5.11 Å². The quantitative estimate of drug-likeness (QED) is 0.266. The van der Waals surface area contributed by atoms with Crippen molar-refractivity contribution in [1.29, 1.82) is 0 Å². The normalized spacial score (nSPS) is 16.4. The number of rotatable bonds is 11. The van der Waals surface area contributed by atoms with E-state index in [1.165, 1.54) is 19.3 Å². The van der Waals surface area contributed by atoms with Gasteiger partial charge in [-0.15, -0.1) is 0 Å². The van der Waals surface area contributed by atoms with Gasteiger partial charge in [-0.05, 0) is 68.2 Å². The van der Waals surface area contributed by atoms with Crippen LogP contribution in [-0.2, 0) is 14.8 Å². The molecule has 0 radical (unpaired) electrons. The summed E-state index contributed by atoms with van der Waals surface area (Å²) in [4.78, 5) is 10.9. The number of hydrogen-bond donors (Lipinski definition) is 2. The number of allylic oxidation sites excluding steroid dienone is 2. The number of unbranched alkanes of at least 4 members (excludes halogenated alkanes) is 1. The van der Waals surface area contributed by atoms with Crippen molar-refractivity contribution in [3.8, 4) is 0 Å². The Morgan fingerprint density at radius 2 is 1.79 bits per heavy atom. The van der Waals surface area contributed by atoms with Gasteiger partial charge in [0.1, 0.15) is 0 Å². The predicted molar refractivity (Wildman–Crippen MR) is 122 cm³/mol. The summed E-state index contributed by atoms with van der Waals surface area (Å²) in [6.07, 6.45) is 13.5. The molecule has 1 saturated carbocycles. The first-order valence-electron chi connectivity index (χ1n) is 9.95. The number of carboxylic acids is 1. The Balaban J connectivity index is 0.00000420. The molecule has 2 rings (SSSR count). The second-order valence-electron chi connectivity index (χ2n) is 7.62. The Bertz CT molecular complexity index is 759. The Hall–Kier alpha value is -0.180. The monoisotopic (exact) mass is 495 g/mol. The molecule has 0 aromatic heterocycles. The first-order chi connectivity index (χ1) is 13.3. The molecule has 0 unspecified atom stereocenters. The van der Waals surface area contributed by atoms with Gasteiger partial charge in [0, 0.05) is 17.4 Å². The SMILES string of the molecule is O=C(O)CCC/C=C\CC1(CCNS(=O)(=O)c2ccc(Br)cc2)CCCCC1.[NaH]. The molecule has 2 N–H and O–H groups in total. The van der Waals surface area contributed by atoms with Crippen molar-refractivity contribution in [2.24, 2.45) is 5.41 Å². The van der Waals surface area contributed by atoms with Crippen LogP contribution >= 0.6 is 15.9 Å². The Morgan fingerprint density at radius 1 is 1.14 bits per heavy atom. The van der Waals surface area contributed by atoms with E-state index >= 15 is 0 Å². The summed E-state index contributed by atoms with van der Waals surface area (Å²) in [6.45, 7) is 0.436. The van der Waals surface area contributed by atoms with E-state index in [4.69, 9.17) is 5.11 Å². The molecule has 0 aliphatic heterocycles. The summed E-state index contributed by atoms with van der Waals surface area (Å²) in [5, 5.41) is 8.69. The van der Waals surface area contributed by atoms with Crippen LogP contribution in [0.2, 0.25) is 0 Å². The molecule has 0 saturated heterocycles. The van der Waals surface area contributed by atoms with Gasteiger partial charge in [-0.2, -0.15) is 0 Å². The zero-order valence-corrected chi connectivity index (χ0v) is 18.6. The third-order valence-corrected chi connectivity index (χ3v) is 7.47. The van der Waals surface area contributed by atoms with E-state index in [1.807, 2.05) is 0 Å². The Kier molecular flexibility index (Phi) is 12.3. The minimum atomic E-state index is -3.49. The molecule has 1 aromatic carbocycles. The van der Waals surface area contributed by atoms with Crippen molar-refractivity contribution < 1.29 is 18.3 Å². The van der Waals surface area contributed by atoms with Crippen LogP contribution < -0.4 is 4.72 Å².